The van der Waals surface area contributed by atoms with Crippen LogP contribution in [0.2, 0.25) is 0 Å². The molecule has 28 heavy (non-hydrogen) atoms. The van der Waals surface area contributed by atoms with Gasteiger partial charge in [0.25, 0.3) is 0 Å². The predicted molar refractivity (Wildman–Crippen MR) is 99.5 cm³/mol. The molecule has 1 aromatic carbocycles. The zero-order valence-electron chi connectivity index (χ0n) is 15.8. The third kappa shape index (κ3) is 3.79. The molecule has 8 heteroatoms. The summed E-state index contributed by atoms with van der Waals surface area (Å²) in [5.41, 5.74) is 0.808. The van der Waals surface area contributed by atoms with Gasteiger partial charge in [0.15, 0.2) is 0 Å². The van der Waals surface area contributed by atoms with Crippen molar-refractivity contribution in [3.05, 3.63) is 41.9 Å². The number of imidazole rings is 1. The van der Waals surface area contributed by atoms with Gasteiger partial charge < -0.3 is 14.6 Å². The molecule has 2 aliphatic heterocycles. The first-order valence-electron chi connectivity index (χ1n) is 9.62. The lowest BCUT2D eigenvalue weighted by molar-refractivity contribution is -0.131. The van der Waals surface area contributed by atoms with Crippen LogP contribution in [0.15, 0.2) is 24.4 Å². The highest BCUT2D eigenvalue weighted by atomic mass is 19.1. The fraction of sp³-hybridized carbons (Fsp3) is 0.500. The standard InChI is InChI=1S/C20H24F2N4O2/c1-13(27)25-6-4-15(5-7-25)26-8-9-28-12-19(26)20-23-11-18(24-20)16-3-2-14(21)10-17(16)22/h2-3,10-11,15,19H,4-9,12H2,1H3,(H,23,24). The minimum atomic E-state index is -0.622. The molecule has 0 radical (unpaired) electrons. The second kappa shape index (κ2) is 7.97. The van der Waals surface area contributed by atoms with Gasteiger partial charge in [0, 0.05) is 44.2 Å². The van der Waals surface area contributed by atoms with E-state index in [1.165, 1.54) is 12.1 Å². The van der Waals surface area contributed by atoms with Gasteiger partial charge in [-0.05, 0) is 25.0 Å². The molecule has 150 valence electrons. The number of carbonyl (C=O) groups is 1. The van der Waals surface area contributed by atoms with Gasteiger partial charge >= 0.3 is 0 Å². The van der Waals surface area contributed by atoms with Crippen molar-refractivity contribution < 1.29 is 18.3 Å². The molecule has 6 nitrogen and oxygen atoms in total. The number of carbonyl (C=O) groups excluding carboxylic acids is 1. The summed E-state index contributed by atoms with van der Waals surface area (Å²) in [5, 5.41) is 0. The Kier molecular flexibility index (Phi) is 5.41. The van der Waals surface area contributed by atoms with Crippen LogP contribution in [-0.2, 0) is 9.53 Å². The molecule has 1 aromatic heterocycles. The molecule has 1 N–H and O–H groups in total. The number of hydrogen-bond acceptors (Lipinski definition) is 4. The van der Waals surface area contributed by atoms with E-state index in [2.05, 4.69) is 14.9 Å². The summed E-state index contributed by atoms with van der Waals surface area (Å²) < 4.78 is 33.0. The van der Waals surface area contributed by atoms with E-state index in [0.29, 0.717) is 30.8 Å². The van der Waals surface area contributed by atoms with Gasteiger partial charge in [-0.3, -0.25) is 9.69 Å². The van der Waals surface area contributed by atoms with E-state index >= 15 is 0 Å². The molecule has 3 heterocycles. The largest absolute Gasteiger partial charge is 0.378 e. The molecule has 2 aromatic rings. The van der Waals surface area contributed by atoms with Gasteiger partial charge in [0.05, 0.1) is 31.1 Å². The van der Waals surface area contributed by atoms with E-state index in [1.54, 1.807) is 13.1 Å². The van der Waals surface area contributed by atoms with Crippen LogP contribution in [-0.4, -0.2) is 64.6 Å². The van der Waals surface area contributed by atoms with Gasteiger partial charge in [-0.2, -0.15) is 0 Å². The Hall–Kier alpha value is -2.32. The Balaban J connectivity index is 1.52. The topological polar surface area (TPSA) is 61.5 Å². The number of piperidine rings is 1. The smallest absolute Gasteiger partial charge is 0.219 e. The number of rotatable bonds is 3. The first kappa shape index (κ1) is 19.0. The fourth-order valence-electron chi connectivity index (χ4n) is 4.15. The normalized spacial score (nSPS) is 21.8. The molecule has 4 rings (SSSR count). The highest BCUT2D eigenvalue weighted by molar-refractivity contribution is 5.73. The first-order valence-corrected chi connectivity index (χ1v) is 9.62. The third-order valence-electron chi connectivity index (χ3n) is 5.68. The maximum Gasteiger partial charge on any atom is 0.219 e. The van der Waals surface area contributed by atoms with Crippen LogP contribution in [0.4, 0.5) is 8.78 Å². The monoisotopic (exact) mass is 390 g/mol. The fourth-order valence-corrected chi connectivity index (χ4v) is 4.15. The maximum absolute atomic E-state index is 14.1. The van der Waals surface area contributed by atoms with Crippen molar-refractivity contribution in [3.63, 3.8) is 0 Å². The molecule has 0 saturated carbocycles. The lowest BCUT2D eigenvalue weighted by Gasteiger charge is -2.43. The molecule has 0 aliphatic carbocycles. The number of likely N-dealkylation sites (tertiary alicyclic amines) is 1. The summed E-state index contributed by atoms with van der Waals surface area (Å²) in [4.78, 5) is 23.5. The Labute approximate surface area is 162 Å². The number of H-pyrrole nitrogens is 1. The van der Waals surface area contributed by atoms with Crippen LogP contribution >= 0.6 is 0 Å². The van der Waals surface area contributed by atoms with Crippen LogP contribution in [0.5, 0.6) is 0 Å². The number of benzene rings is 1. The summed E-state index contributed by atoms with van der Waals surface area (Å²) in [6.07, 6.45) is 3.41. The highest BCUT2D eigenvalue weighted by Gasteiger charge is 2.34. The zero-order valence-corrected chi connectivity index (χ0v) is 15.8. The molecule has 2 aliphatic rings. The number of aromatic amines is 1. The first-order chi connectivity index (χ1) is 13.5. The molecular weight excluding hydrogens is 366 g/mol. The summed E-state index contributed by atoms with van der Waals surface area (Å²) in [6, 6.07) is 3.81. The van der Waals surface area contributed by atoms with Crippen molar-refractivity contribution in [1.29, 1.82) is 0 Å². The number of amides is 1. The van der Waals surface area contributed by atoms with E-state index in [-0.39, 0.29) is 17.5 Å². The lowest BCUT2D eigenvalue weighted by Crippen LogP contribution is -2.51. The predicted octanol–water partition coefficient (Wildman–Crippen LogP) is 2.74. The van der Waals surface area contributed by atoms with E-state index in [4.69, 9.17) is 4.74 Å². The number of hydrogen-bond donors (Lipinski definition) is 1. The molecule has 1 atom stereocenters. The Morgan fingerprint density at radius 1 is 1.25 bits per heavy atom. The second-order valence-electron chi connectivity index (χ2n) is 7.37. The molecule has 1 amide bonds. The van der Waals surface area contributed by atoms with Crippen LogP contribution in [0, 0.1) is 11.6 Å². The van der Waals surface area contributed by atoms with Gasteiger partial charge in [0.1, 0.15) is 17.5 Å². The second-order valence-corrected chi connectivity index (χ2v) is 7.37. The van der Waals surface area contributed by atoms with Crippen LogP contribution in [0.1, 0.15) is 31.6 Å². The summed E-state index contributed by atoms with van der Waals surface area (Å²) in [5.74, 6) is -0.394. The van der Waals surface area contributed by atoms with Crippen molar-refractivity contribution in [2.45, 2.75) is 31.8 Å². The van der Waals surface area contributed by atoms with Crippen molar-refractivity contribution >= 4 is 5.91 Å². The van der Waals surface area contributed by atoms with E-state index < -0.39 is 11.6 Å². The van der Waals surface area contributed by atoms with Crippen molar-refractivity contribution in [1.82, 2.24) is 19.8 Å². The summed E-state index contributed by atoms with van der Waals surface area (Å²) in [6.45, 7) is 5.07. The van der Waals surface area contributed by atoms with Crippen LogP contribution in [0.25, 0.3) is 11.3 Å². The molecule has 2 saturated heterocycles. The Bertz CT molecular complexity index is 848. The third-order valence-corrected chi connectivity index (χ3v) is 5.68. The van der Waals surface area contributed by atoms with E-state index in [0.717, 1.165) is 38.5 Å². The number of nitrogens with one attached hydrogen (secondary N) is 1. The van der Waals surface area contributed by atoms with Gasteiger partial charge in [0.2, 0.25) is 5.91 Å². The van der Waals surface area contributed by atoms with E-state index in [1.807, 2.05) is 4.90 Å². The number of ether oxygens (including phenoxy) is 1. The number of aromatic nitrogens is 2. The van der Waals surface area contributed by atoms with Crippen molar-refractivity contribution in [3.8, 4) is 11.3 Å². The quantitative estimate of drug-likeness (QED) is 0.876. The summed E-state index contributed by atoms with van der Waals surface area (Å²) in [7, 11) is 0. The SMILES string of the molecule is CC(=O)N1CCC(N2CCOCC2c2ncc(-c3ccc(F)cc3F)[nH]2)CC1. The summed E-state index contributed by atoms with van der Waals surface area (Å²) >= 11 is 0. The molecule has 2 fully saturated rings. The van der Waals surface area contributed by atoms with Crippen molar-refractivity contribution in [2.75, 3.05) is 32.8 Å². The van der Waals surface area contributed by atoms with Crippen molar-refractivity contribution in [2.24, 2.45) is 0 Å². The average molecular weight is 390 g/mol. The highest BCUT2D eigenvalue weighted by Crippen LogP contribution is 2.30. The van der Waals surface area contributed by atoms with Gasteiger partial charge in [-0.25, -0.2) is 13.8 Å². The average Bonchev–Trinajstić information content (AvgIpc) is 3.18. The molecule has 1 unspecified atom stereocenters. The minimum Gasteiger partial charge on any atom is -0.378 e. The molecule has 0 spiro atoms. The Morgan fingerprint density at radius 3 is 2.75 bits per heavy atom. The number of morpholine rings is 1. The zero-order chi connectivity index (χ0) is 19.7. The van der Waals surface area contributed by atoms with Crippen LogP contribution < -0.4 is 0 Å². The van der Waals surface area contributed by atoms with Crippen LogP contribution in [0.3, 0.4) is 0 Å². The van der Waals surface area contributed by atoms with Gasteiger partial charge in [-0.1, -0.05) is 0 Å². The van der Waals surface area contributed by atoms with E-state index in [9.17, 15) is 13.6 Å². The maximum atomic E-state index is 14.1. The van der Waals surface area contributed by atoms with Gasteiger partial charge in [-0.15, -0.1) is 0 Å². The number of nitrogens with zero attached hydrogens (tertiary/aromatic N) is 3. The molecule has 0 bridgehead atoms. The Morgan fingerprint density at radius 2 is 2.04 bits per heavy atom. The lowest BCUT2D eigenvalue weighted by atomic mass is 10.00. The molecular formula is C20H24F2N4O2. The number of halogens is 2. The minimum absolute atomic E-state index is 0.0557.